The molecule has 3 fully saturated rings. The lowest BCUT2D eigenvalue weighted by atomic mass is 9.65. The monoisotopic (exact) mass is 298 g/mol. The summed E-state index contributed by atoms with van der Waals surface area (Å²) < 4.78 is 27.8. The first-order valence-corrected chi connectivity index (χ1v) is 9.41. The summed E-state index contributed by atoms with van der Waals surface area (Å²) in [5, 5.41) is 0. The van der Waals surface area contributed by atoms with E-state index in [1.54, 1.807) is 0 Å². The Hall–Kier alpha value is -0.140. The van der Waals surface area contributed by atoms with Crippen molar-refractivity contribution in [3.8, 4) is 0 Å². The number of fused-ring (bicyclic) bond motifs is 1. The van der Waals surface area contributed by atoms with Crippen molar-refractivity contribution in [3.05, 3.63) is 0 Å². The predicted molar refractivity (Wildman–Crippen MR) is 83.7 cm³/mol. The van der Waals surface area contributed by atoms with E-state index in [9.17, 15) is 8.78 Å². The van der Waals surface area contributed by atoms with Crippen LogP contribution in [0.5, 0.6) is 0 Å². The third-order valence-electron chi connectivity index (χ3n) is 6.84. The van der Waals surface area contributed by atoms with Crippen LogP contribution in [0.25, 0.3) is 0 Å². The Labute approximate surface area is 129 Å². The summed E-state index contributed by atoms with van der Waals surface area (Å²) in [6, 6.07) is 0. The molecule has 0 N–H and O–H groups in total. The number of rotatable bonds is 3. The highest BCUT2D eigenvalue weighted by molar-refractivity contribution is 4.92. The molecule has 0 aliphatic heterocycles. The van der Waals surface area contributed by atoms with Crippen LogP contribution in [-0.4, -0.2) is 12.3 Å². The molecule has 0 heterocycles. The maximum absolute atomic E-state index is 14.1. The molecule has 0 bridgehead atoms. The molecule has 0 aromatic rings. The van der Waals surface area contributed by atoms with Crippen molar-refractivity contribution in [2.75, 3.05) is 0 Å². The second-order valence-electron chi connectivity index (χ2n) is 8.34. The van der Waals surface area contributed by atoms with Gasteiger partial charge in [0.15, 0.2) is 0 Å². The third kappa shape index (κ3) is 3.79. The van der Waals surface area contributed by atoms with Crippen LogP contribution in [0.2, 0.25) is 0 Å². The number of hydrogen-bond acceptors (Lipinski definition) is 0. The van der Waals surface area contributed by atoms with Crippen molar-refractivity contribution in [2.24, 2.45) is 29.6 Å². The fourth-order valence-electron chi connectivity index (χ4n) is 5.26. The van der Waals surface area contributed by atoms with Crippen LogP contribution in [0.4, 0.5) is 8.78 Å². The SMILES string of the molecule is CC1CCC(CCC2CCC3CCC(F)C(F)C3C2)CC1. The molecular weight excluding hydrogens is 266 g/mol. The summed E-state index contributed by atoms with van der Waals surface area (Å²) in [5.74, 6) is 3.04. The lowest BCUT2D eigenvalue weighted by Gasteiger charge is -2.42. The van der Waals surface area contributed by atoms with Gasteiger partial charge < -0.3 is 0 Å². The quantitative estimate of drug-likeness (QED) is 0.591. The fourth-order valence-corrected chi connectivity index (χ4v) is 5.26. The van der Waals surface area contributed by atoms with Gasteiger partial charge in [0, 0.05) is 0 Å². The minimum Gasteiger partial charge on any atom is -0.244 e. The summed E-state index contributed by atoms with van der Waals surface area (Å²) in [7, 11) is 0. The van der Waals surface area contributed by atoms with Crippen LogP contribution in [0.15, 0.2) is 0 Å². The summed E-state index contributed by atoms with van der Waals surface area (Å²) in [6.45, 7) is 2.37. The minimum absolute atomic E-state index is 0.0406. The van der Waals surface area contributed by atoms with Gasteiger partial charge in [-0.2, -0.15) is 0 Å². The van der Waals surface area contributed by atoms with Gasteiger partial charge in [-0.1, -0.05) is 51.9 Å². The zero-order valence-electron chi connectivity index (χ0n) is 13.6. The largest absolute Gasteiger partial charge is 0.244 e. The molecule has 0 spiro atoms. The normalized spacial score (nSPS) is 47.9. The molecule has 3 rings (SSSR count). The van der Waals surface area contributed by atoms with E-state index in [0.29, 0.717) is 18.3 Å². The lowest BCUT2D eigenvalue weighted by Crippen LogP contribution is -2.41. The Kier molecular flexibility index (Phi) is 5.22. The molecule has 21 heavy (non-hydrogen) atoms. The van der Waals surface area contributed by atoms with Crippen molar-refractivity contribution in [3.63, 3.8) is 0 Å². The molecule has 0 amide bonds. The van der Waals surface area contributed by atoms with Gasteiger partial charge in [0.1, 0.15) is 12.3 Å². The van der Waals surface area contributed by atoms with Crippen molar-refractivity contribution in [2.45, 2.75) is 89.9 Å². The summed E-state index contributed by atoms with van der Waals surface area (Å²) in [5.41, 5.74) is 0. The highest BCUT2D eigenvalue weighted by Crippen LogP contribution is 2.46. The smallest absolute Gasteiger partial charge is 0.134 e. The van der Waals surface area contributed by atoms with Gasteiger partial charge in [-0.05, 0) is 55.3 Å². The van der Waals surface area contributed by atoms with Gasteiger partial charge in [-0.15, -0.1) is 0 Å². The van der Waals surface area contributed by atoms with Gasteiger partial charge in [0.2, 0.25) is 0 Å². The maximum Gasteiger partial charge on any atom is 0.134 e. The number of hydrogen-bond donors (Lipinski definition) is 0. The van der Waals surface area contributed by atoms with Crippen molar-refractivity contribution < 1.29 is 8.78 Å². The standard InChI is InChI=1S/C19H32F2/c1-13-2-4-14(5-3-13)6-7-15-8-9-16-10-11-18(20)19(21)17(16)12-15/h13-19H,2-12H2,1H3. The Morgan fingerprint density at radius 1 is 0.762 bits per heavy atom. The number of alkyl halides is 2. The number of halogens is 2. The van der Waals surface area contributed by atoms with Gasteiger partial charge in [0.05, 0.1) is 0 Å². The van der Waals surface area contributed by atoms with Crippen LogP contribution in [0.1, 0.15) is 77.6 Å². The zero-order chi connectivity index (χ0) is 14.8. The van der Waals surface area contributed by atoms with E-state index in [1.807, 2.05) is 0 Å². The first-order valence-electron chi connectivity index (χ1n) is 9.41. The van der Waals surface area contributed by atoms with Gasteiger partial charge in [0.25, 0.3) is 0 Å². The van der Waals surface area contributed by atoms with Gasteiger partial charge in [-0.25, -0.2) is 8.78 Å². The van der Waals surface area contributed by atoms with E-state index in [2.05, 4.69) is 6.92 Å². The Balaban J connectivity index is 1.45. The molecule has 0 radical (unpaired) electrons. The molecule has 0 nitrogen and oxygen atoms in total. The van der Waals surface area contributed by atoms with E-state index in [0.717, 1.165) is 31.1 Å². The summed E-state index contributed by atoms with van der Waals surface area (Å²) in [6.07, 6.45) is 10.7. The Morgan fingerprint density at radius 3 is 2.14 bits per heavy atom. The van der Waals surface area contributed by atoms with Crippen LogP contribution >= 0.6 is 0 Å². The summed E-state index contributed by atoms with van der Waals surface area (Å²) >= 11 is 0. The van der Waals surface area contributed by atoms with E-state index >= 15 is 0 Å². The molecule has 3 aliphatic carbocycles. The third-order valence-corrected chi connectivity index (χ3v) is 6.84. The Morgan fingerprint density at radius 2 is 1.38 bits per heavy atom. The van der Waals surface area contributed by atoms with Crippen LogP contribution in [0, 0.1) is 29.6 Å². The van der Waals surface area contributed by atoms with Crippen molar-refractivity contribution in [1.29, 1.82) is 0 Å². The highest BCUT2D eigenvalue weighted by atomic mass is 19.2. The van der Waals surface area contributed by atoms with Crippen molar-refractivity contribution in [1.82, 2.24) is 0 Å². The second kappa shape index (κ2) is 6.96. The molecule has 3 aliphatic rings. The molecule has 3 saturated carbocycles. The van der Waals surface area contributed by atoms with Crippen LogP contribution < -0.4 is 0 Å². The molecule has 5 unspecified atom stereocenters. The molecule has 0 aromatic carbocycles. The predicted octanol–water partition coefficient (Wildman–Crippen LogP) is 6.10. The highest BCUT2D eigenvalue weighted by Gasteiger charge is 2.43. The van der Waals surface area contributed by atoms with Crippen LogP contribution in [-0.2, 0) is 0 Å². The lowest BCUT2D eigenvalue weighted by molar-refractivity contribution is -0.00868. The molecule has 5 atom stereocenters. The molecule has 2 heteroatoms. The van der Waals surface area contributed by atoms with E-state index < -0.39 is 12.3 Å². The van der Waals surface area contributed by atoms with Gasteiger partial charge in [-0.3, -0.25) is 0 Å². The average molecular weight is 298 g/mol. The fraction of sp³-hybridized carbons (Fsp3) is 1.00. The molecule has 0 saturated heterocycles. The molecule has 0 aromatic heterocycles. The zero-order valence-corrected chi connectivity index (χ0v) is 13.6. The Bertz CT molecular complexity index is 320. The first-order chi connectivity index (χ1) is 10.1. The van der Waals surface area contributed by atoms with Crippen molar-refractivity contribution >= 4 is 0 Å². The van der Waals surface area contributed by atoms with Gasteiger partial charge >= 0.3 is 0 Å². The van der Waals surface area contributed by atoms with E-state index in [1.165, 1.54) is 44.9 Å². The second-order valence-corrected chi connectivity index (χ2v) is 8.34. The first kappa shape index (κ1) is 15.7. The minimum atomic E-state index is -1.18. The van der Waals surface area contributed by atoms with E-state index in [-0.39, 0.29) is 5.92 Å². The van der Waals surface area contributed by atoms with Crippen LogP contribution in [0.3, 0.4) is 0 Å². The summed E-state index contributed by atoms with van der Waals surface area (Å²) in [4.78, 5) is 0. The average Bonchev–Trinajstić information content (AvgIpc) is 2.51. The maximum atomic E-state index is 14.1. The topological polar surface area (TPSA) is 0 Å². The molecular formula is C19H32F2. The van der Waals surface area contributed by atoms with E-state index in [4.69, 9.17) is 0 Å². The molecule has 122 valence electrons.